The number of phenols is 1. The smallest absolute Gasteiger partial charge is 0.303 e. The quantitative estimate of drug-likeness (QED) is 0.310. The second-order valence-electron chi connectivity index (χ2n) is 8.17. The van der Waals surface area contributed by atoms with Crippen molar-refractivity contribution in [1.82, 2.24) is 0 Å². The Balaban J connectivity index is 1.73. The summed E-state index contributed by atoms with van der Waals surface area (Å²) < 4.78 is 10.8. The van der Waals surface area contributed by atoms with Crippen LogP contribution in [0.25, 0.3) is 0 Å². The molecular formula is C27H28N2O6. The number of anilines is 2. The van der Waals surface area contributed by atoms with E-state index in [9.17, 15) is 19.5 Å². The number of rotatable bonds is 8. The molecule has 182 valence electrons. The Labute approximate surface area is 203 Å². The standard InChI is InChI=1S/C27H28N2O6/c1-16-12-21(28-25(32)15-34-19(4)30)13-17(2)26(16)35-22-10-11-24(31)23(14-22)29-27(33)18(3)20-8-6-5-7-9-20/h5-14,18,31H,15H2,1-4H3,(H,28,32)(H,29,33). The van der Waals surface area contributed by atoms with E-state index < -0.39 is 17.8 Å². The van der Waals surface area contributed by atoms with Crippen LogP contribution < -0.4 is 15.4 Å². The maximum atomic E-state index is 12.7. The molecule has 2 amide bonds. The SMILES string of the molecule is CC(=O)OCC(=O)Nc1cc(C)c(Oc2ccc(O)c(NC(=O)C(C)c3ccccc3)c2)c(C)c1. The number of nitrogens with one attached hydrogen (secondary N) is 2. The Morgan fingerprint density at radius 1 is 0.943 bits per heavy atom. The van der Waals surface area contributed by atoms with Crippen molar-refractivity contribution in [1.29, 1.82) is 0 Å². The fourth-order valence-electron chi connectivity index (χ4n) is 3.48. The molecule has 0 bridgehead atoms. The molecule has 3 N–H and O–H groups in total. The molecule has 0 aliphatic carbocycles. The number of hydrogen-bond donors (Lipinski definition) is 3. The molecule has 3 rings (SSSR count). The van der Waals surface area contributed by atoms with Crippen LogP contribution in [0.5, 0.6) is 17.2 Å². The van der Waals surface area contributed by atoms with Crippen molar-refractivity contribution in [2.45, 2.75) is 33.6 Å². The molecule has 8 heteroatoms. The third-order valence-electron chi connectivity index (χ3n) is 5.29. The molecule has 0 aliphatic rings. The molecule has 0 spiro atoms. The van der Waals surface area contributed by atoms with Gasteiger partial charge in [0.2, 0.25) is 5.91 Å². The molecule has 1 unspecified atom stereocenters. The van der Waals surface area contributed by atoms with Crippen LogP contribution in [0.2, 0.25) is 0 Å². The highest BCUT2D eigenvalue weighted by Gasteiger charge is 2.17. The van der Waals surface area contributed by atoms with Gasteiger partial charge in [0.25, 0.3) is 5.91 Å². The van der Waals surface area contributed by atoms with Crippen LogP contribution in [0.4, 0.5) is 11.4 Å². The zero-order valence-electron chi connectivity index (χ0n) is 20.0. The van der Waals surface area contributed by atoms with Crippen LogP contribution >= 0.6 is 0 Å². The maximum Gasteiger partial charge on any atom is 0.303 e. The van der Waals surface area contributed by atoms with Crippen LogP contribution in [-0.2, 0) is 19.1 Å². The summed E-state index contributed by atoms with van der Waals surface area (Å²) in [5.74, 6) is -0.734. The van der Waals surface area contributed by atoms with Gasteiger partial charge in [0.05, 0.1) is 11.6 Å². The van der Waals surface area contributed by atoms with E-state index in [1.165, 1.54) is 13.0 Å². The lowest BCUT2D eigenvalue weighted by atomic mass is 10.0. The van der Waals surface area contributed by atoms with Crippen molar-refractivity contribution in [3.05, 3.63) is 77.4 Å². The van der Waals surface area contributed by atoms with Gasteiger partial charge in [-0.3, -0.25) is 14.4 Å². The fraction of sp³-hybridized carbons (Fsp3) is 0.222. The molecule has 0 aliphatic heterocycles. The third-order valence-corrected chi connectivity index (χ3v) is 5.29. The van der Waals surface area contributed by atoms with Gasteiger partial charge >= 0.3 is 5.97 Å². The predicted octanol–water partition coefficient (Wildman–Crippen LogP) is 5.05. The second kappa shape index (κ2) is 11.2. The third kappa shape index (κ3) is 6.83. The minimum absolute atomic E-state index is 0.0785. The van der Waals surface area contributed by atoms with Gasteiger partial charge in [0.15, 0.2) is 6.61 Å². The van der Waals surface area contributed by atoms with Gasteiger partial charge in [-0.25, -0.2) is 0 Å². The number of hydrogen-bond acceptors (Lipinski definition) is 6. The van der Waals surface area contributed by atoms with Crippen molar-refractivity contribution >= 4 is 29.2 Å². The monoisotopic (exact) mass is 476 g/mol. The highest BCUT2D eigenvalue weighted by atomic mass is 16.5. The summed E-state index contributed by atoms with van der Waals surface area (Å²) in [7, 11) is 0. The van der Waals surface area contributed by atoms with E-state index in [1.54, 1.807) is 31.2 Å². The first-order valence-electron chi connectivity index (χ1n) is 11.0. The predicted molar refractivity (Wildman–Crippen MR) is 133 cm³/mol. The van der Waals surface area contributed by atoms with Gasteiger partial charge in [-0.15, -0.1) is 0 Å². The van der Waals surface area contributed by atoms with Crippen molar-refractivity contribution in [2.75, 3.05) is 17.2 Å². The molecule has 0 fully saturated rings. The van der Waals surface area contributed by atoms with E-state index in [0.717, 1.165) is 16.7 Å². The minimum atomic E-state index is -0.532. The average molecular weight is 477 g/mol. The number of carbonyl (C=O) groups excluding carboxylic acids is 3. The van der Waals surface area contributed by atoms with Crippen LogP contribution in [0.15, 0.2) is 60.7 Å². The van der Waals surface area contributed by atoms with E-state index in [0.29, 0.717) is 17.2 Å². The molecule has 8 nitrogen and oxygen atoms in total. The van der Waals surface area contributed by atoms with Crippen LogP contribution in [0.1, 0.15) is 36.5 Å². The Morgan fingerprint density at radius 3 is 2.23 bits per heavy atom. The number of amides is 2. The van der Waals surface area contributed by atoms with Gasteiger partial charge in [-0.2, -0.15) is 0 Å². The fourth-order valence-corrected chi connectivity index (χ4v) is 3.48. The normalized spacial score (nSPS) is 11.3. The van der Waals surface area contributed by atoms with E-state index >= 15 is 0 Å². The molecule has 1 atom stereocenters. The zero-order valence-corrected chi connectivity index (χ0v) is 20.0. The topological polar surface area (TPSA) is 114 Å². The summed E-state index contributed by atoms with van der Waals surface area (Å²) in [6.45, 7) is 6.32. The first-order chi connectivity index (χ1) is 16.6. The van der Waals surface area contributed by atoms with Crippen molar-refractivity contribution in [2.24, 2.45) is 0 Å². The Kier molecular flexibility index (Phi) is 8.09. The molecule has 0 aromatic heterocycles. The van der Waals surface area contributed by atoms with Crippen LogP contribution in [-0.4, -0.2) is 29.5 Å². The molecule has 0 saturated heterocycles. The number of carbonyl (C=O) groups is 3. The van der Waals surface area contributed by atoms with Gasteiger partial charge in [-0.1, -0.05) is 30.3 Å². The summed E-state index contributed by atoms with van der Waals surface area (Å²) >= 11 is 0. The Bertz CT molecular complexity index is 1220. The summed E-state index contributed by atoms with van der Waals surface area (Å²) in [6.07, 6.45) is 0. The van der Waals surface area contributed by atoms with E-state index in [2.05, 4.69) is 10.6 Å². The first-order valence-corrected chi connectivity index (χ1v) is 11.0. The Hall–Kier alpha value is -4.33. The highest BCUT2D eigenvalue weighted by Crippen LogP contribution is 2.35. The lowest BCUT2D eigenvalue weighted by Crippen LogP contribution is -2.20. The van der Waals surface area contributed by atoms with Crippen molar-refractivity contribution < 1.29 is 29.0 Å². The van der Waals surface area contributed by atoms with Gasteiger partial charge in [0.1, 0.15) is 17.2 Å². The summed E-state index contributed by atoms with van der Waals surface area (Å²) in [5.41, 5.74) is 3.15. The molecule has 0 heterocycles. The molecule has 0 saturated carbocycles. The Morgan fingerprint density at radius 2 is 1.60 bits per heavy atom. The molecule has 3 aromatic carbocycles. The number of benzene rings is 3. The summed E-state index contributed by atoms with van der Waals surface area (Å²) in [4.78, 5) is 35.5. The van der Waals surface area contributed by atoms with Crippen LogP contribution in [0.3, 0.4) is 0 Å². The van der Waals surface area contributed by atoms with Crippen molar-refractivity contribution in [3.8, 4) is 17.2 Å². The van der Waals surface area contributed by atoms with Gasteiger partial charge < -0.3 is 25.2 Å². The lowest BCUT2D eigenvalue weighted by Gasteiger charge is -2.17. The van der Waals surface area contributed by atoms with Crippen molar-refractivity contribution in [3.63, 3.8) is 0 Å². The molecular weight excluding hydrogens is 448 g/mol. The average Bonchev–Trinajstić information content (AvgIpc) is 2.82. The number of esters is 1. The zero-order chi connectivity index (χ0) is 25.5. The highest BCUT2D eigenvalue weighted by molar-refractivity contribution is 5.97. The number of aromatic hydroxyl groups is 1. The largest absolute Gasteiger partial charge is 0.506 e. The number of aryl methyl sites for hydroxylation is 2. The molecule has 3 aromatic rings. The van der Waals surface area contributed by atoms with Gasteiger partial charge in [0, 0.05) is 18.7 Å². The summed E-state index contributed by atoms with van der Waals surface area (Å²) in [5, 5.41) is 15.7. The van der Waals surface area contributed by atoms with E-state index in [-0.39, 0.29) is 24.0 Å². The summed E-state index contributed by atoms with van der Waals surface area (Å²) in [6, 6.07) is 17.4. The van der Waals surface area contributed by atoms with E-state index in [4.69, 9.17) is 9.47 Å². The molecule has 0 radical (unpaired) electrons. The number of phenolic OH excluding ortho intramolecular Hbond substituents is 1. The van der Waals surface area contributed by atoms with Gasteiger partial charge in [-0.05, 0) is 61.7 Å². The molecule has 35 heavy (non-hydrogen) atoms. The van der Waals surface area contributed by atoms with E-state index in [1.807, 2.05) is 44.2 Å². The second-order valence-corrected chi connectivity index (χ2v) is 8.17. The maximum absolute atomic E-state index is 12.7. The van der Waals surface area contributed by atoms with Crippen LogP contribution in [0, 0.1) is 13.8 Å². The minimum Gasteiger partial charge on any atom is -0.506 e. The number of ether oxygens (including phenoxy) is 2. The first kappa shape index (κ1) is 25.3. The lowest BCUT2D eigenvalue weighted by molar-refractivity contribution is -0.144.